The fourth-order valence-corrected chi connectivity index (χ4v) is 5.32. The number of hydrogen-bond donors (Lipinski definition) is 2. The van der Waals surface area contributed by atoms with Gasteiger partial charge in [0.25, 0.3) is 0 Å². The molecule has 2 aromatic heterocycles. The van der Waals surface area contributed by atoms with Gasteiger partial charge in [0.1, 0.15) is 24.2 Å². The largest absolute Gasteiger partial charge is 0.489 e. The Balaban J connectivity index is 1.21. The van der Waals surface area contributed by atoms with Crippen LogP contribution in [0.1, 0.15) is 41.6 Å². The fraction of sp³-hybridized carbons (Fsp3) is 0.241. The van der Waals surface area contributed by atoms with Crippen LogP contribution in [0.15, 0.2) is 77.4 Å². The summed E-state index contributed by atoms with van der Waals surface area (Å²) in [6, 6.07) is 19.3. The summed E-state index contributed by atoms with van der Waals surface area (Å²) in [5, 5.41) is 16.1. The van der Waals surface area contributed by atoms with E-state index < -0.39 is 12.0 Å². The van der Waals surface area contributed by atoms with Gasteiger partial charge in [0.2, 0.25) is 0 Å². The third-order valence-corrected chi connectivity index (χ3v) is 7.21. The van der Waals surface area contributed by atoms with E-state index in [-0.39, 0.29) is 11.7 Å². The number of carbonyl (C=O) groups is 1. The van der Waals surface area contributed by atoms with Crippen LogP contribution >= 0.6 is 0 Å². The molecule has 0 bridgehead atoms. The highest BCUT2D eigenvalue weighted by molar-refractivity contribution is 5.90. The number of nitrogens with one attached hydrogen (secondary N) is 1. The van der Waals surface area contributed by atoms with Crippen molar-refractivity contribution in [3.05, 3.63) is 95.6 Å². The second kappa shape index (κ2) is 9.71. The zero-order valence-corrected chi connectivity index (χ0v) is 20.1. The number of piperidine rings is 1. The summed E-state index contributed by atoms with van der Waals surface area (Å²) in [5.41, 5.74) is 3.89. The first-order chi connectivity index (χ1) is 18.1. The van der Waals surface area contributed by atoms with E-state index in [1.54, 1.807) is 12.3 Å². The Morgan fingerprint density at radius 2 is 1.92 bits per heavy atom. The predicted molar refractivity (Wildman–Crippen MR) is 137 cm³/mol. The summed E-state index contributed by atoms with van der Waals surface area (Å²) in [4.78, 5) is 17.7. The Morgan fingerprint density at radius 3 is 2.70 bits per heavy atom. The van der Waals surface area contributed by atoms with Crippen molar-refractivity contribution in [3.63, 3.8) is 0 Å². The lowest BCUT2D eigenvalue weighted by atomic mass is 9.90. The molecule has 37 heavy (non-hydrogen) atoms. The van der Waals surface area contributed by atoms with E-state index in [9.17, 15) is 14.3 Å². The molecule has 0 saturated carbocycles. The number of ether oxygens (including phenoxy) is 1. The summed E-state index contributed by atoms with van der Waals surface area (Å²) in [5.74, 6) is -0.438. The SMILES string of the molecule is O=C(O)C(c1c[nH]c2ccc(OCc3ccccc3)cc12)N1CCC(c2noc3cc(F)ccc23)CC1. The summed E-state index contributed by atoms with van der Waals surface area (Å²) < 4.78 is 24.9. The number of aliphatic carboxylic acids is 1. The zero-order valence-electron chi connectivity index (χ0n) is 20.1. The van der Waals surface area contributed by atoms with E-state index in [1.807, 2.05) is 53.4 Å². The van der Waals surface area contributed by atoms with Gasteiger partial charge in [0.15, 0.2) is 5.58 Å². The topological polar surface area (TPSA) is 91.6 Å². The van der Waals surface area contributed by atoms with Crippen LogP contribution in [-0.2, 0) is 11.4 Å². The first-order valence-corrected chi connectivity index (χ1v) is 12.4. The van der Waals surface area contributed by atoms with Gasteiger partial charge >= 0.3 is 5.97 Å². The Bertz CT molecular complexity index is 1550. The normalized spacial score (nSPS) is 15.8. The van der Waals surface area contributed by atoms with E-state index >= 15 is 0 Å². The number of carboxylic acid groups (broad SMARTS) is 1. The van der Waals surface area contributed by atoms with Crippen LogP contribution in [0.3, 0.4) is 0 Å². The summed E-state index contributed by atoms with van der Waals surface area (Å²) >= 11 is 0. The van der Waals surface area contributed by atoms with Gasteiger partial charge in [-0.25, -0.2) is 4.39 Å². The molecule has 1 aliphatic rings. The molecule has 0 amide bonds. The molecule has 0 aliphatic carbocycles. The second-order valence-electron chi connectivity index (χ2n) is 9.48. The number of hydrogen-bond acceptors (Lipinski definition) is 5. The highest BCUT2D eigenvalue weighted by Gasteiger charge is 2.34. The number of fused-ring (bicyclic) bond motifs is 2. The van der Waals surface area contributed by atoms with E-state index in [4.69, 9.17) is 9.26 Å². The molecule has 6 rings (SSSR count). The lowest BCUT2D eigenvalue weighted by Gasteiger charge is -2.35. The molecule has 8 heteroatoms. The molecular formula is C29H26FN3O4. The third kappa shape index (κ3) is 4.56. The molecule has 1 atom stereocenters. The van der Waals surface area contributed by atoms with Gasteiger partial charge in [-0.05, 0) is 61.8 Å². The van der Waals surface area contributed by atoms with Gasteiger partial charge in [-0.1, -0.05) is 35.5 Å². The molecular weight excluding hydrogens is 473 g/mol. The van der Waals surface area contributed by atoms with Crippen LogP contribution in [0.2, 0.25) is 0 Å². The minimum atomic E-state index is -0.891. The van der Waals surface area contributed by atoms with Gasteiger partial charge in [-0.3, -0.25) is 9.69 Å². The average Bonchev–Trinajstić information content (AvgIpc) is 3.52. The number of aromatic amines is 1. The Morgan fingerprint density at radius 1 is 1.11 bits per heavy atom. The van der Waals surface area contributed by atoms with Gasteiger partial charge in [0.05, 0.1) is 5.69 Å². The number of halogens is 1. The molecule has 2 N–H and O–H groups in total. The standard InChI is InChI=1S/C29H26FN3O4/c30-20-6-8-22-26(14-20)37-32-27(22)19-10-12-33(13-11-19)28(29(34)35)24-16-31-25-9-7-21(15-23(24)25)36-17-18-4-2-1-3-5-18/h1-9,14-16,19,28,31H,10-13,17H2,(H,34,35). The highest BCUT2D eigenvalue weighted by atomic mass is 19.1. The molecule has 1 aliphatic heterocycles. The Kier molecular flexibility index (Phi) is 6.10. The van der Waals surface area contributed by atoms with E-state index in [1.165, 1.54) is 12.1 Å². The highest BCUT2D eigenvalue weighted by Crippen LogP contribution is 2.37. The van der Waals surface area contributed by atoms with E-state index in [2.05, 4.69) is 10.1 Å². The van der Waals surface area contributed by atoms with E-state index in [0.717, 1.165) is 40.4 Å². The van der Waals surface area contributed by atoms with Crippen molar-refractivity contribution in [3.8, 4) is 5.75 Å². The Hall–Kier alpha value is -4.17. The number of aromatic nitrogens is 2. The number of likely N-dealkylation sites (tertiary alicyclic amines) is 1. The molecule has 3 aromatic carbocycles. The predicted octanol–water partition coefficient (Wildman–Crippen LogP) is 6.03. The number of H-pyrrole nitrogens is 1. The molecule has 188 valence electrons. The monoisotopic (exact) mass is 499 g/mol. The molecule has 1 unspecified atom stereocenters. The van der Waals surface area contributed by atoms with Crippen LogP contribution in [0, 0.1) is 5.82 Å². The molecule has 7 nitrogen and oxygen atoms in total. The van der Waals surface area contributed by atoms with Gasteiger partial charge in [0, 0.05) is 40.0 Å². The maximum Gasteiger partial charge on any atom is 0.325 e. The van der Waals surface area contributed by atoms with Crippen LogP contribution in [0.25, 0.3) is 21.9 Å². The van der Waals surface area contributed by atoms with Crippen molar-refractivity contribution in [2.45, 2.75) is 31.4 Å². The number of benzene rings is 3. The maximum absolute atomic E-state index is 13.5. The van der Waals surface area contributed by atoms with Crippen molar-refractivity contribution in [2.75, 3.05) is 13.1 Å². The number of carboxylic acids is 1. The smallest absolute Gasteiger partial charge is 0.325 e. The first-order valence-electron chi connectivity index (χ1n) is 12.4. The quantitative estimate of drug-likeness (QED) is 0.284. The van der Waals surface area contributed by atoms with Crippen molar-refractivity contribution < 1.29 is 23.6 Å². The van der Waals surface area contributed by atoms with Gasteiger partial charge in [-0.2, -0.15) is 0 Å². The third-order valence-electron chi connectivity index (χ3n) is 7.21. The van der Waals surface area contributed by atoms with E-state index in [0.29, 0.717) is 36.6 Å². The van der Waals surface area contributed by atoms with Crippen LogP contribution < -0.4 is 4.74 Å². The number of nitrogens with zero attached hydrogens (tertiary/aromatic N) is 2. The lowest BCUT2D eigenvalue weighted by Crippen LogP contribution is -2.39. The lowest BCUT2D eigenvalue weighted by molar-refractivity contribution is -0.144. The van der Waals surface area contributed by atoms with Crippen molar-refractivity contribution in [2.24, 2.45) is 0 Å². The zero-order chi connectivity index (χ0) is 25.4. The minimum absolute atomic E-state index is 0.123. The molecule has 1 fully saturated rings. The van der Waals surface area contributed by atoms with Crippen molar-refractivity contribution in [1.29, 1.82) is 0 Å². The molecule has 0 spiro atoms. The summed E-state index contributed by atoms with van der Waals surface area (Å²) in [6.07, 6.45) is 3.25. The Labute approximate surface area is 212 Å². The maximum atomic E-state index is 13.5. The summed E-state index contributed by atoms with van der Waals surface area (Å²) in [7, 11) is 0. The van der Waals surface area contributed by atoms with Crippen molar-refractivity contribution in [1.82, 2.24) is 15.0 Å². The fourth-order valence-electron chi connectivity index (χ4n) is 5.32. The van der Waals surface area contributed by atoms with Crippen LogP contribution in [0.5, 0.6) is 5.75 Å². The molecule has 0 radical (unpaired) electrons. The minimum Gasteiger partial charge on any atom is -0.489 e. The number of rotatable bonds is 7. The van der Waals surface area contributed by atoms with Gasteiger partial charge < -0.3 is 19.4 Å². The molecule has 5 aromatic rings. The molecule has 1 saturated heterocycles. The van der Waals surface area contributed by atoms with Crippen molar-refractivity contribution >= 4 is 27.8 Å². The summed E-state index contributed by atoms with van der Waals surface area (Å²) in [6.45, 7) is 1.62. The van der Waals surface area contributed by atoms with Crippen LogP contribution in [-0.4, -0.2) is 39.2 Å². The average molecular weight is 500 g/mol. The molecule has 3 heterocycles. The first kappa shape index (κ1) is 23.2. The van der Waals surface area contributed by atoms with Crippen LogP contribution in [0.4, 0.5) is 4.39 Å². The second-order valence-corrected chi connectivity index (χ2v) is 9.48. The van der Waals surface area contributed by atoms with Gasteiger partial charge in [-0.15, -0.1) is 0 Å².